The van der Waals surface area contributed by atoms with Crippen molar-refractivity contribution in [3.8, 4) is 0 Å². The van der Waals surface area contributed by atoms with Crippen LogP contribution in [-0.4, -0.2) is 19.2 Å². The maximum absolute atomic E-state index is 13.4. The van der Waals surface area contributed by atoms with E-state index in [0.29, 0.717) is 18.1 Å². The highest BCUT2D eigenvalue weighted by atomic mass is 35.5. The van der Waals surface area contributed by atoms with Crippen molar-refractivity contribution in [3.05, 3.63) is 62.5 Å². The van der Waals surface area contributed by atoms with E-state index in [2.05, 4.69) is 10.2 Å². The first-order chi connectivity index (χ1) is 12.8. The van der Waals surface area contributed by atoms with Crippen LogP contribution >= 0.6 is 22.9 Å². The summed E-state index contributed by atoms with van der Waals surface area (Å²) in [6.07, 6.45) is 4.34. The van der Waals surface area contributed by atoms with Crippen LogP contribution in [0.4, 0.5) is 0 Å². The summed E-state index contributed by atoms with van der Waals surface area (Å²) < 4.78 is 3.72. The molecule has 5 rings (SSSR count). The molecule has 5 nitrogen and oxygen atoms in total. The van der Waals surface area contributed by atoms with Crippen molar-refractivity contribution in [1.82, 2.24) is 19.2 Å². The van der Waals surface area contributed by atoms with Crippen molar-refractivity contribution in [2.24, 2.45) is 0 Å². The number of halogens is 1. The second kappa shape index (κ2) is 6.21. The Labute approximate surface area is 158 Å². The first kappa shape index (κ1) is 16.0. The average Bonchev–Trinajstić information content (AvgIpc) is 3.27. The lowest BCUT2D eigenvalue weighted by Crippen LogP contribution is -2.24. The summed E-state index contributed by atoms with van der Waals surface area (Å²) in [7, 11) is 0. The summed E-state index contributed by atoms with van der Waals surface area (Å²) in [4.78, 5) is 15.7. The van der Waals surface area contributed by atoms with E-state index in [4.69, 9.17) is 11.6 Å². The van der Waals surface area contributed by atoms with Gasteiger partial charge in [-0.25, -0.2) is 0 Å². The monoisotopic (exact) mass is 384 g/mol. The third-order valence-electron chi connectivity index (χ3n) is 5.07. The number of aromatic nitrogens is 4. The zero-order chi connectivity index (χ0) is 17.7. The van der Waals surface area contributed by atoms with Gasteiger partial charge in [0.05, 0.1) is 17.8 Å². The molecule has 0 unspecified atom stereocenters. The van der Waals surface area contributed by atoms with E-state index in [1.54, 1.807) is 15.9 Å². The van der Waals surface area contributed by atoms with Gasteiger partial charge in [-0.1, -0.05) is 30.3 Å². The molecule has 0 aliphatic heterocycles. The molecule has 0 saturated heterocycles. The minimum Gasteiger partial charge on any atom is -0.272 e. The first-order valence-electron chi connectivity index (χ1n) is 8.79. The largest absolute Gasteiger partial charge is 0.272 e. The lowest BCUT2D eigenvalue weighted by molar-refractivity contribution is 0.698. The van der Waals surface area contributed by atoms with Crippen LogP contribution in [-0.2, 0) is 25.3 Å². The van der Waals surface area contributed by atoms with Crippen molar-refractivity contribution in [2.75, 3.05) is 0 Å². The number of aryl methyl sites for hydroxylation is 2. The molecular formula is C19H17ClN4OS. The number of hydrogen-bond donors (Lipinski definition) is 0. The highest BCUT2D eigenvalue weighted by Gasteiger charge is 2.24. The van der Waals surface area contributed by atoms with Gasteiger partial charge in [-0.2, -0.15) is 0 Å². The maximum Gasteiger partial charge on any atom is 0.264 e. The Morgan fingerprint density at radius 2 is 1.92 bits per heavy atom. The molecule has 3 heterocycles. The van der Waals surface area contributed by atoms with Crippen LogP contribution < -0.4 is 5.56 Å². The van der Waals surface area contributed by atoms with Crippen molar-refractivity contribution in [2.45, 2.75) is 38.1 Å². The van der Waals surface area contributed by atoms with E-state index in [9.17, 15) is 4.79 Å². The zero-order valence-electron chi connectivity index (χ0n) is 14.1. The van der Waals surface area contributed by atoms with Crippen LogP contribution in [0.15, 0.2) is 35.1 Å². The fourth-order valence-corrected chi connectivity index (χ4v) is 5.41. The van der Waals surface area contributed by atoms with Crippen molar-refractivity contribution >= 4 is 38.9 Å². The summed E-state index contributed by atoms with van der Waals surface area (Å²) in [5.74, 6) is 1.52. The molecule has 0 bridgehead atoms. The molecule has 0 saturated carbocycles. The number of nitrogens with zero attached hydrogens (tertiary/aromatic N) is 4. The number of fused-ring (bicyclic) bond motifs is 5. The number of benzene rings is 1. The van der Waals surface area contributed by atoms with Gasteiger partial charge in [-0.3, -0.25) is 13.8 Å². The number of hydrogen-bond acceptors (Lipinski definition) is 4. The van der Waals surface area contributed by atoms with Gasteiger partial charge >= 0.3 is 0 Å². The third kappa shape index (κ3) is 2.32. The third-order valence-corrected chi connectivity index (χ3v) is 6.59. The van der Waals surface area contributed by atoms with Gasteiger partial charge in [-0.05, 0) is 36.8 Å². The summed E-state index contributed by atoms with van der Waals surface area (Å²) in [5.41, 5.74) is 2.32. The molecule has 0 N–H and O–H groups in total. The van der Waals surface area contributed by atoms with E-state index in [0.717, 1.165) is 35.0 Å². The van der Waals surface area contributed by atoms with Gasteiger partial charge < -0.3 is 0 Å². The number of alkyl halides is 1. The Morgan fingerprint density at radius 1 is 1.12 bits per heavy atom. The fourth-order valence-electron chi connectivity index (χ4n) is 3.84. The van der Waals surface area contributed by atoms with E-state index in [1.807, 2.05) is 34.7 Å². The molecule has 132 valence electrons. The molecule has 1 aliphatic rings. The van der Waals surface area contributed by atoms with Gasteiger partial charge in [0.1, 0.15) is 4.83 Å². The molecule has 4 aromatic rings. The van der Waals surface area contributed by atoms with Crippen LogP contribution in [0, 0.1) is 0 Å². The highest BCUT2D eigenvalue weighted by molar-refractivity contribution is 7.18. The Bertz CT molecular complexity index is 1180. The molecule has 3 aromatic heterocycles. The standard InChI is InChI=1S/C19H17ClN4OS/c20-10-15-21-22-19-23(11-12-6-2-1-3-7-12)17(25)16-13-8-4-5-9-14(13)26-18(16)24(15)19/h1-3,6-7H,4-5,8-11H2. The fraction of sp³-hybridized carbons (Fsp3) is 0.316. The second-order valence-corrected chi connectivity index (χ2v) is 8.00. The van der Waals surface area contributed by atoms with Gasteiger partial charge in [-0.15, -0.1) is 33.1 Å². The molecule has 0 fully saturated rings. The SMILES string of the molecule is O=c1c2c3c(sc2n2c(CCl)nnc2n1Cc1ccccc1)CCCC3. The molecule has 0 radical (unpaired) electrons. The van der Waals surface area contributed by atoms with Crippen LogP contribution in [0.1, 0.15) is 34.7 Å². The lowest BCUT2D eigenvalue weighted by atomic mass is 9.97. The summed E-state index contributed by atoms with van der Waals surface area (Å²) >= 11 is 7.82. The number of thiophene rings is 1. The Kier molecular flexibility index (Phi) is 3.83. The average molecular weight is 385 g/mol. The molecule has 1 aliphatic carbocycles. The number of rotatable bonds is 3. The molecule has 1 aromatic carbocycles. The van der Waals surface area contributed by atoms with Gasteiger partial charge in [0.15, 0.2) is 5.82 Å². The minimum atomic E-state index is 0.0317. The summed E-state index contributed by atoms with van der Waals surface area (Å²) in [5, 5.41) is 9.38. The molecule has 0 amide bonds. The maximum atomic E-state index is 13.4. The van der Waals surface area contributed by atoms with Crippen LogP contribution in [0.5, 0.6) is 0 Å². The second-order valence-electron chi connectivity index (χ2n) is 6.65. The predicted octanol–water partition coefficient (Wildman–Crippen LogP) is 3.77. The topological polar surface area (TPSA) is 52.2 Å². The summed E-state index contributed by atoms with van der Waals surface area (Å²) in [6.45, 7) is 0.476. The Balaban J connectivity index is 1.87. The molecule has 0 atom stereocenters. The summed E-state index contributed by atoms with van der Waals surface area (Å²) in [6, 6.07) is 9.99. The molecule has 26 heavy (non-hydrogen) atoms. The quantitative estimate of drug-likeness (QED) is 0.505. The van der Waals surface area contributed by atoms with E-state index >= 15 is 0 Å². The Morgan fingerprint density at radius 3 is 2.73 bits per heavy atom. The lowest BCUT2D eigenvalue weighted by Gasteiger charge is -2.12. The van der Waals surface area contributed by atoms with E-state index in [1.165, 1.54) is 16.9 Å². The zero-order valence-corrected chi connectivity index (χ0v) is 15.7. The highest BCUT2D eigenvalue weighted by Crippen LogP contribution is 2.35. The predicted molar refractivity (Wildman–Crippen MR) is 104 cm³/mol. The van der Waals surface area contributed by atoms with Crippen molar-refractivity contribution < 1.29 is 0 Å². The minimum absolute atomic E-state index is 0.0317. The van der Waals surface area contributed by atoms with Crippen LogP contribution in [0.2, 0.25) is 0 Å². The van der Waals surface area contributed by atoms with Crippen LogP contribution in [0.25, 0.3) is 16.0 Å². The van der Waals surface area contributed by atoms with Crippen molar-refractivity contribution in [1.29, 1.82) is 0 Å². The van der Waals surface area contributed by atoms with Gasteiger partial charge in [0.2, 0.25) is 5.78 Å². The molecule has 0 spiro atoms. The van der Waals surface area contributed by atoms with Crippen molar-refractivity contribution in [3.63, 3.8) is 0 Å². The van der Waals surface area contributed by atoms with E-state index in [-0.39, 0.29) is 11.4 Å². The molecule has 7 heteroatoms. The normalized spacial score (nSPS) is 14.2. The molecular weight excluding hydrogens is 368 g/mol. The first-order valence-corrected chi connectivity index (χ1v) is 10.1. The van der Waals surface area contributed by atoms with Crippen LogP contribution in [0.3, 0.4) is 0 Å². The van der Waals surface area contributed by atoms with E-state index < -0.39 is 0 Å². The Hall–Kier alpha value is -2.18. The smallest absolute Gasteiger partial charge is 0.264 e. The van der Waals surface area contributed by atoms with Gasteiger partial charge in [0.25, 0.3) is 5.56 Å². The van der Waals surface area contributed by atoms with Gasteiger partial charge in [0, 0.05) is 4.88 Å².